The van der Waals surface area contributed by atoms with E-state index in [-0.39, 0.29) is 22.9 Å². The van der Waals surface area contributed by atoms with Crippen LogP contribution >= 0.6 is 0 Å². The Labute approximate surface area is 112 Å². The Morgan fingerprint density at radius 3 is 2.45 bits per heavy atom. The summed E-state index contributed by atoms with van der Waals surface area (Å²) in [5.74, 6) is -2.34. The number of hydrogen-bond donors (Lipinski definition) is 2. The number of carbonyl (C=O) groups is 1. The zero-order chi connectivity index (χ0) is 14.7. The van der Waals surface area contributed by atoms with Gasteiger partial charge in [-0.15, -0.1) is 0 Å². The van der Waals surface area contributed by atoms with Crippen molar-refractivity contribution < 1.29 is 18.3 Å². The number of carbonyl (C=O) groups excluding carboxylic acids is 1. The van der Waals surface area contributed by atoms with Crippen LogP contribution in [-0.4, -0.2) is 23.0 Å². The molecule has 0 fully saturated rings. The first-order valence-corrected chi connectivity index (χ1v) is 5.44. The van der Waals surface area contributed by atoms with Crippen LogP contribution < -0.4 is 15.8 Å². The van der Waals surface area contributed by atoms with Gasteiger partial charge in [0, 0.05) is 17.8 Å². The molecule has 0 saturated heterocycles. The second-order valence-corrected chi connectivity index (χ2v) is 3.74. The largest absolute Gasteiger partial charge is 0.494 e. The summed E-state index contributed by atoms with van der Waals surface area (Å²) in [6.45, 7) is 0. The minimum Gasteiger partial charge on any atom is -0.494 e. The van der Waals surface area contributed by atoms with Crippen molar-refractivity contribution in [3.63, 3.8) is 0 Å². The first-order valence-electron chi connectivity index (χ1n) is 5.44. The van der Waals surface area contributed by atoms with E-state index in [0.29, 0.717) is 0 Å². The van der Waals surface area contributed by atoms with Gasteiger partial charge in [0.1, 0.15) is 11.6 Å². The Kier molecular flexibility index (Phi) is 3.74. The van der Waals surface area contributed by atoms with Gasteiger partial charge >= 0.3 is 0 Å². The fraction of sp³-hybridized carbons (Fsp3) is 0.0833. The van der Waals surface area contributed by atoms with E-state index in [1.54, 1.807) is 0 Å². The Morgan fingerprint density at radius 2 is 1.90 bits per heavy atom. The fourth-order valence-electron chi connectivity index (χ4n) is 1.54. The number of methoxy groups -OCH3 is 1. The molecule has 0 spiro atoms. The molecular formula is C12H10F2N4O2. The van der Waals surface area contributed by atoms with Gasteiger partial charge in [0.05, 0.1) is 7.11 Å². The second-order valence-electron chi connectivity index (χ2n) is 3.74. The van der Waals surface area contributed by atoms with Gasteiger partial charge < -0.3 is 15.8 Å². The number of amides is 1. The Hall–Kier alpha value is -2.77. The molecule has 3 N–H and O–H groups in total. The monoisotopic (exact) mass is 280 g/mol. The molecule has 2 aromatic rings. The first kappa shape index (κ1) is 13.7. The van der Waals surface area contributed by atoms with Gasteiger partial charge in [-0.25, -0.2) is 4.98 Å². The van der Waals surface area contributed by atoms with Gasteiger partial charge in [0.25, 0.3) is 5.91 Å². The maximum absolute atomic E-state index is 13.0. The number of pyridine rings is 2. The van der Waals surface area contributed by atoms with Crippen LogP contribution in [-0.2, 0) is 0 Å². The maximum Gasteiger partial charge on any atom is 0.271 e. The molecule has 0 aromatic carbocycles. The number of aromatic nitrogens is 2. The van der Waals surface area contributed by atoms with Crippen molar-refractivity contribution >= 4 is 17.4 Å². The predicted octanol–water partition coefficient (Wildman–Crippen LogP) is 1.61. The molecule has 0 atom stereocenters. The Bertz CT molecular complexity index is 644. The van der Waals surface area contributed by atoms with Crippen LogP contribution in [0.1, 0.15) is 10.5 Å². The summed E-state index contributed by atoms with van der Waals surface area (Å²) in [6, 6.07) is 4.91. The number of nitrogens with two attached hydrogens (primary N) is 1. The summed E-state index contributed by atoms with van der Waals surface area (Å²) in [6.07, 6.45) is 0. The van der Waals surface area contributed by atoms with E-state index in [4.69, 9.17) is 10.5 Å². The van der Waals surface area contributed by atoms with Crippen molar-refractivity contribution in [1.82, 2.24) is 9.97 Å². The molecule has 0 bridgehead atoms. The number of anilines is 2. The molecule has 0 saturated carbocycles. The fourth-order valence-corrected chi connectivity index (χ4v) is 1.54. The highest BCUT2D eigenvalue weighted by Gasteiger charge is 2.12. The molecule has 2 aromatic heterocycles. The lowest BCUT2D eigenvalue weighted by atomic mass is 10.3. The van der Waals surface area contributed by atoms with E-state index >= 15 is 0 Å². The lowest BCUT2D eigenvalue weighted by Crippen LogP contribution is -2.15. The van der Waals surface area contributed by atoms with Crippen LogP contribution in [0.2, 0.25) is 0 Å². The average Bonchev–Trinajstić information content (AvgIpc) is 2.37. The van der Waals surface area contributed by atoms with Crippen molar-refractivity contribution in [2.75, 3.05) is 12.4 Å². The molecule has 0 aliphatic rings. The summed E-state index contributed by atoms with van der Waals surface area (Å²) in [7, 11) is 1.37. The molecule has 0 aliphatic carbocycles. The van der Waals surface area contributed by atoms with Crippen molar-refractivity contribution in [2.45, 2.75) is 0 Å². The van der Waals surface area contributed by atoms with Crippen LogP contribution in [0.4, 0.5) is 20.3 Å². The summed E-state index contributed by atoms with van der Waals surface area (Å²) >= 11 is 0. The Balaban J connectivity index is 2.34. The van der Waals surface area contributed by atoms with Crippen LogP contribution in [0.3, 0.4) is 0 Å². The maximum atomic E-state index is 13.0. The highest BCUT2D eigenvalue weighted by molar-refractivity contribution is 5.94. The summed E-state index contributed by atoms with van der Waals surface area (Å²) in [4.78, 5) is 18.1. The van der Waals surface area contributed by atoms with Gasteiger partial charge in [-0.2, -0.15) is 13.8 Å². The van der Waals surface area contributed by atoms with E-state index in [1.807, 2.05) is 0 Å². The third-order valence-electron chi connectivity index (χ3n) is 2.35. The van der Waals surface area contributed by atoms with Gasteiger partial charge in [-0.05, 0) is 12.1 Å². The third-order valence-corrected chi connectivity index (χ3v) is 2.35. The van der Waals surface area contributed by atoms with Crippen molar-refractivity contribution in [3.8, 4) is 5.75 Å². The molecule has 2 heterocycles. The molecule has 0 unspecified atom stereocenters. The van der Waals surface area contributed by atoms with E-state index in [1.165, 1.54) is 19.2 Å². The van der Waals surface area contributed by atoms with Crippen molar-refractivity contribution in [2.24, 2.45) is 5.73 Å². The van der Waals surface area contributed by atoms with E-state index in [9.17, 15) is 13.6 Å². The predicted molar refractivity (Wildman–Crippen MR) is 66.7 cm³/mol. The number of ether oxygens (including phenoxy) is 1. The SMILES string of the molecule is COc1ccc(Nc2cc(F)nc(F)c2)nc1C(N)=O. The molecule has 8 heteroatoms. The lowest BCUT2D eigenvalue weighted by molar-refractivity contribution is 0.0992. The minimum absolute atomic E-state index is 0.0903. The van der Waals surface area contributed by atoms with Gasteiger partial charge in [0.15, 0.2) is 5.69 Å². The highest BCUT2D eigenvalue weighted by atomic mass is 19.1. The minimum atomic E-state index is -0.976. The van der Waals surface area contributed by atoms with Crippen LogP contribution in [0.5, 0.6) is 5.75 Å². The van der Waals surface area contributed by atoms with Gasteiger partial charge in [-0.1, -0.05) is 0 Å². The van der Waals surface area contributed by atoms with Gasteiger partial charge in [-0.3, -0.25) is 4.79 Å². The van der Waals surface area contributed by atoms with E-state index in [0.717, 1.165) is 12.1 Å². The Morgan fingerprint density at radius 1 is 1.25 bits per heavy atom. The molecule has 0 aliphatic heterocycles. The molecule has 1 amide bonds. The quantitative estimate of drug-likeness (QED) is 0.830. The zero-order valence-corrected chi connectivity index (χ0v) is 10.4. The average molecular weight is 280 g/mol. The molecule has 104 valence electrons. The number of nitrogens with one attached hydrogen (secondary N) is 1. The van der Waals surface area contributed by atoms with Crippen molar-refractivity contribution in [1.29, 1.82) is 0 Å². The second kappa shape index (κ2) is 5.47. The lowest BCUT2D eigenvalue weighted by Gasteiger charge is -2.09. The van der Waals surface area contributed by atoms with Gasteiger partial charge in [0.2, 0.25) is 11.9 Å². The van der Waals surface area contributed by atoms with E-state index < -0.39 is 17.8 Å². The van der Waals surface area contributed by atoms with Crippen molar-refractivity contribution in [3.05, 3.63) is 41.9 Å². The summed E-state index contributed by atoms with van der Waals surface area (Å²) in [5, 5.41) is 2.64. The molecule has 20 heavy (non-hydrogen) atoms. The number of hydrogen-bond acceptors (Lipinski definition) is 5. The number of primary amides is 1. The number of rotatable bonds is 4. The summed E-state index contributed by atoms with van der Waals surface area (Å²) in [5.41, 5.74) is 5.17. The van der Waals surface area contributed by atoms with Crippen LogP contribution in [0.25, 0.3) is 0 Å². The number of nitrogens with zero attached hydrogens (tertiary/aromatic N) is 2. The number of halogens is 2. The smallest absolute Gasteiger partial charge is 0.271 e. The standard InChI is InChI=1S/C12H10F2N4O2/c1-20-7-2-3-10(18-11(7)12(15)19)16-6-4-8(13)17-9(14)5-6/h2-5H,1H3,(H2,15,19)(H,16,17,18). The summed E-state index contributed by atoms with van der Waals surface area (Å²) < 4.78 is 30.8. The molecular weight excluding hydrogens is 270 g/mol. The normalized spacial score (nSPS) is 10.2. The van der Waals surface area contributed by atoms with Crippen LogP contribution in [0, 0.1) is 11.9 Å². The molecule has 6 nitrogen and oxygen atoms in total. The molecule has 2 rings (SSSR count). The zero-order valence-electron chi connectivity index (χ0n) is 10.4. The van der Waals surface area contributed by atoms with E-state index in [2.05, 4.69) is 15.3 Å². The molecule has 0 radical (unpaired) electrons. The topological polar surface area (TPSA) is 90.1 Å². The first-order chi connectivity index (χ1) is 9.49. The third kappa shape index (κ3) is 2.97. The highest BCUT2D eigenvalue weighted by Crippen LogP contribution is 2.21. The van der Waals surface area contributed by atoms with Crippen LogP contribution in [0.15, 0.2) is 24.3 Å².